The molecule has 0 aliphatic heterocycles. The number of halogens is 1. The zero-order valence-electron chi connectivity index (χ0n) is 19.8. The summed E-state index contributed by atoms with van der Waals surface area (Å²) in [6.07, 6.45) is 0.491. The molecule has 1 N–H and O–H groups in total. The quantitative estimate of drug-likeness (QED) is 0.186. The molecule has 0 bridgehead atoms. The van der Waals surface area contributed by atoms with E-state index in [1.807, 2.05) is 30.3 Å². The summed E-state index contributed by atoms with van der Waals surface area (Å²) in [7, 11) is 0. The van der Waals surface area contributed by atoms with Crippen molar-refractivity contribution in [1.29, 1.82) is 10.5 Å². The molecule has 4 rings (SSSR count). The molecule has 0 amide bonds. The Bertz CT molecular complexity index is 1380. The second-order valence-corrected chi connectivity index (χ2v) is 7.64. The number of carbonyl (C=O) groups is 2. The Hall–Kier alpha value is -4.91. The summed E-state index contributed by atoms with van der Waals surface area (Å²) in [6, 6.07) is 35.4. The number of hydrogen-bond acceptors (Lipinski definition) is 6. The molecule has 4 aromatic carbocycles. The highest BCUT2D eigenvalue weighted by molar-refractivity contribution is 6.67. The first kappa shape index (κ1) is 28.3. The first-order valence-electron chi connectivity index (χ1n) is 11.1. The molecule has 0 atom stereocenters. The topological polar surface area (TPSA) is 111 Å². The molecule has 0 aliphatic rings. The summed E-state index contributed by atoms with van der Waals surface area (Å²) in [4.78, 5) is 22.3. The number of hydrogen-bond donors (Lipinski definition) is 1. The molecule has 7 heteroatoms. The van der Waals surface area contributed by atoms with Crippen LogP contribution in [0.2, 0.25) is 0 Å². The Balaban J connectivity index is 0.000000214. The van der Waals surface area contributed by atoms with Gasteiger partial charge in [-0.1, -0.05) is 84.9 Å². The third-order valence-corrected chi connectivity index (χ3v) is 4.93. The van der Waals surface area contributed by atoms with Crippen molar-refractivity contribution >= 4 is 22.8 Å². The van der Waals surface area contributed by atoms with Crippen molar-refractivity contribution in [2.24, 2.45) is 0 Å². The Morgan fingerprint density at radius 1 is 0.676 bits per heavy atom. The largest absolute Gasteiger partial charge is 0.508 e. The first-order chi connectivity index (χ1) is 18.0. The number of phenols is 1. The molecular weight excluding hydrogens is 488 g/mol. The average Bonchev–Trinajstić information content (AvgIpc) is 2.93. The minimum atomic E-state index is -0.416. The Morgan fingerprint density at radius 3 is 1.65 bits per heavy atom. The van der Waals surface area contributed by atoms with E-state index in [1.54, 1.807) is 91.0 Å². The van der Waals surface area contributed by atoms with Crippen molar-refractivity contribution in [3.05, 3.63) is 131 Å². The van der Waals surface area contributed by atoms with Crippen LogP contribution in [0.3, 0.4) is 0 Å². The van der Waals surface area contributed by atoms with E-state index >= 15 is 0 Å². The summed E-state index contributed by atoms with van der Waals surface area (Å²) in [5, 5.41) is 25.7. The van der Waals surface area contributed by atoms with Gasteiger partial charge in [0.1, 0.15) is 11.5 Å². The van der Waals surface area contributed by atoms with Crippen LogP contribution in [-0.4, -0.2) is 16.3 Å². The second-order valence-electron chi connectivity index (χ2n) is 7.30. The van der Waals surface area contributed by atoms with E-state index in [0.717, 1.165) is 0 Å². The van der Waals surface area contributed by atoms with Crippen molar-refractivity contribution < 1.29 is 19.4 Å². The van der Waals surface area contributed by atoms with Gasteiger partial charge in [0, 0.05) is 16.7 Å². The number of para-hydroxylation sites is 2. The van der Waals surface area contributed by atoms with Crippen LogP contribution < -0.4 is 4.74 Å². The number of aromatic hydroxyl groups is 1. The van der Waals surface area contributed by atoms with Crippen LogP contribution in [-0.2, 0) is 12.8 Å². The smallest absolute Gasteiger partial charge is 0.343 e. The minimum absolute atomic E-state index is 0.198. The van der Waals surface area contributed by atoms with Gasteiger partial charge < -0.3 is 9.84 Å². The van der Waals surface area contributed by atoms with Gasteiger partial charge in [0.25, 0.3) is 5.24 Å². The number of nitriles is 2. The predicted molar refractivity (Wildman–Crippen MR) is 141 cm³/mol. The van der Waals surface area contributed by atoms with Crippen molar-refractivity contribution in [3.8, 4) is 23.6 Å². The lowest BCUT2D eigenvalue weighted by molar-refractivity contribution is 0.0733. The number of carbonyl (C=O) groups excluding carboxylic acids is 2. The molecular formula is C30H23ClN2O4. The van der Waals surface area contributed by atoms with Crippen LogP contribution in [0.5, 0.6) is 11.5 Å². The van der Waals surface area contributed by atoms with E-state index < -0.39 is 11.2 Å². The summed E-state index contributed by atoms with van der Waals surface area (Å²) >= 11 is 5.16. The lowest BCUT2D eigenvalue weighted by Gasteiger charge is -2.07. The highest BCUT2D eigenvalue weighted by Crippen LogP contribution is 2.19. The van der Waals surface area contributed by atoms with E-state index in [4.69, 9.17) is 32.0 Å². The molecule has 0 radical (unpaired) electrons. The lowest BCUT2D eigenvalue weighted by Crippen LogP contribution is -2.09. The maximum atomic E-state index is 11.9. The second kappa shape index (κ2) is 15.9. The van der Waals surface area contributed by atoms with Crippen LogP contribution in [0, 0.1) is 22.7 Å². The van der Waals surface area contributed by atoms with Gasteiger partial charge in [0.2, 0.25) is 0 Å². The zero-order chi connectivity index (χ0) is 26.9. The van der Waals surface area contributed by atoms with E-state index in [2.05, 4.69) is 0 Å². The van der Waals surface area contributed by atoms with Gasteiger partial charge in [0.05, 0.1) is 30.5 Å². The molecule has 0 unspecified atom stereocenters. The first-order valence-corrected chi connectivity index (χ1v) is 11.4. The molecule has 184 valence electrons. The van der Waals surface area contributed by atoms with Gasteiger partial charge >= 0.3 is 5.97 Å². The van der Waals surface area contributed by atoms with Crippen molar-refractivity contribution in [2.45, 2.75) is 12.8 Å². The lowest BCUT2D eigenvalue weighted by atomic mass is 10.1. The summed E-state index contributed by atoms with van der Waals surface area (Å²) in [6.45, 7) is 0. The monoisotopic (exact) mass is 510 g/mol. The van der Waals surface area contributed by atoms with Crippen molar-refractivity contribution in [3.63, 3.8) is 0 Å². The molecule has 0 saturated heterocycles. The standard InChI is InChI=1S/C15H11NO2.C8H7NO.C7H5ClO/c16-11-10-12-6-4-5-9-14(12)18-15(17)13-7-2-1-3-8-13;9-6-5-7-3-1-2-4-8(7)10;8-7(9)6-4-2-1-3-5-6/h1-9H,10H2;1-4,10H,5H2;1-5H. The SMILES string of the molecule is N#CCc1ccccc1O.N#CCc1ccccc1OC(=O)c1ccccc1.O=C(Cl)c1ccccc1. The number of rotatable bonds is 5. The van der Waals surface area contributed by atoms with Crippen LogP contribution >= 0.6 is 11.6 Å². The Labute approximate surface area is 220 Å². The summed E-state index contributed by atoms with van der Waals surface area (Å²) in [5.41, 5.74) is 2.43. The molecule has 0 heterocycles. The summed E-state index contributed by atoms with van der Waals surface area (Å²) < 4.78 is 5.29. The summed E-state index contributed by atoms with van der Waals surface area (Å²) in [5.74, 6) is 0.220. The third kappa shape index (κ3) is 10.1. The van der Waals surface area contributed by atoms with Crippen LogP contribution in [0.25, 0.3) is 0 Å². The van der Waals surface area contributed by atoms with Crippen molar-refractivity contribution in [1.82, 2.24) is 0 Å². The van der Waals surface area contributed by atoms with E-state index in [1.165, 1.54) is 0 Å². The molecule has 0 aromatic heterocycles. The third-order valence-electron chi connectivity index (χ3n) is 4.72. The normalized spacial score (nSPS) is 9.16. The van der Waals surface area contributed by atoms with Crippen LogP contribution in [0.4, 0.5) is 0 Å². The molecule has 0 spiro atoms. The number of ether oxygens (including phenoxy) is 1. The number of nitrogens with zero attached hydrogens (tertiary/aromatic N) is 2. The molecule has 0 aliphatic carbocycles. The van der Waals surface area contributed by atoms with Gasteiger partial charge in [-0.3, -0.25) is 4.79 Å². The molecule has 37 heavy (non-hydrogen) atoms. The van der Waals surface area contributed by atoms with Gasteiger partial charge in [0.15, 0.2) is 0 Å². The van der Waals surface area contributed by atoms with Crippen LogP contribution in [0.15, 0.2) is 109 Å². The maximum absolute atomic E-state index is 11.9. The average molecular weight is 511 g/mol. The van der Waals surface area contributed by atoms with Crippen molar-refractivity contribution in [2.75, 3.05) is 0 Å². The number of benzene rings is 4. The van der Waals surface area contributed by atoms with E-state index in [9.17, 15) is 9.59 Å². The van der Waals surface area contributed by atoms with Crippen LogP contribution in [0.1, 0.15) is 31.8 Å². The zero-order valence-corrected chi connectivity index (χ0v) is 20.5. The van der Waals surface area contributed by atoms with Gasteiger partial charge in [-0.2, -0.15) is 10.5 Å². The predicted octanol–water partition coefficient (Wildman–Crippen LogP) is 6.50. The van der Waals surface area contributed by atoms with Gasteiger partial charge in [-0.15, -0.1) is 0 Å². The maximum Gasteiger partial charge on any atom is 0.343 e. The molecule has 6 nitrogen and oxygen atoms in total. The fourth-order valence-electron chi connectivity index (χ4n) is 2.88. The highest BCUT2D eigenvalue weighted by atomic mass is 35.5. The molecule has 0 fully saturated rings. The Morgan fingerprint density at radius 2 is 1.14 bits per heavy atom. The fraction of sp³-hybridized carbons (Fsp3) is 0.0667. The minimum Gasteiger partial charge on any atom is -0.508 e. The Kier molecular flexibility index (Phi) is 12.2. The fourth-order valence-corrected chi connectivity index (χ4v) is 3.01. The highest BCUT2D eigenvalue weighted by Gasteiger charge is 2.10. The molecule has 0 saturated carbocycles. The van der Waals surface area contributed by atoms with Gasteiger partial charge in [-0.25, -0.2) is 4.79 Å². The number of esters is 1. The number of phenolic OH excluding ortho intramolecular Hbond substituents is 1. The van der Waals surface area contributed by atoms with E-state index in [-0.39, 0.29) is 18.6 Å². The van der Waals surface area contributed by atoms with E-state index in [0.29, 0.717) is 28.0 Å². The molecule has 4 aromatic rings. The van der Waals surface area contributed by atoms with Gasteiger partial charge in [-0.05, 0) is 35.9 Å².